The Bertz CT molecular complexity index is 218. The molecular weight excluding hydrogens is 206 g/mol. The molecule has 0 saturated carbocycles. The van der Waals surface area contributed by atoms with Gasteiger partial charge in [-0.15, -0.1) is 0 Å². The maximum absolute atomic E-state index is 12.0. The van der Waals surface area contributed by atoms with Crippen molar-refractivity contribution in [1.29, 1.82) is 0 Å². The van der Waals surface area contributed by atoms with E-state index in [1.165, 1.54) is 0 Å². The molecule has 0 bridgehead atoms. The van der Waals surface area contributed by atoms with Crippen molar-refractivity contribution in [2.45, 2.75) is 24.7 Å². The molecule has 77 valence electrons. The standard InChI is InChI=1S/C5H3F6O2/c1-3(6,7)5(10,11)4(8,9)2(12)13/h1H3. The van der Waals surface area contributed by atoms with E-state index in [1.807, 2.05) is 0 Å². The molecule has 0 unspecified atom stereocenters. The van der Waals surface area contributed by atoms with Crippen molar-refractivity contribution in [3.63, 3.8) is 0 Å². The van der Waals surface area contributed by atoms with Crippen molar-refractivity contribution in [1.82, 2.24) is 0 Å². The molecule has 0 rings (SSSR count). The van der Waals surface area contributed by atoms with E-state index in [9.17, 15) is 36.2 Å². The quantitative estimate of drug-likeness (QED) is 0.653. The summed E-state index contributed by atoms with van der Waals surface area (Å²) in [4.78, 5) is 9.44. The average Bonchev–Trinajstić information content (AvgIpc) is 1.84. The number of hydrogen-bond acceptors (Lipinski definition) is 1. The van der Waals surface area contributed by atoms with Crippen molar-refractivity contribution in [3.05, 3.63) is 0 Å². The second kappa shape index (κ2) is 2.78. The van der Waals surface area contributed by atoms with Crippen molar-refractivity contribution >= 4 is 5.97 Å². The molecule has 0 saturated heterocycles. The van der Waals surface area contributed by atoms with Crippen LogP contribution in [0.25, 0.3) is 0 Å². The first-order chi connectivity index (χ1) is 5.44. The Morgan fingerprint density at radius 1 is 1.00 bits per heavy atom. The minimum atomic E-state index is -5.97. The minimum Gasteiger partial charge on any atom is -0.240 e. The molecule has 8 heteroatoms. The monoisotopic (exact) mass is 209 g/mol. The summed E-state index contributed by atoms with van der Waals surface area (Å²) in [6.07, 6.45) is 0. The van der Waals surface area contributed by atoms with Crippen LogP contribution in [0.2, 0.25) is 0 Å². The molecule has 0 amide bonds. The Morgan fingerprint density at radius 2 is 1.31 bits per heavy atom. The lowest BCUT2D eigenvalue weighted by molar-refractivity contribution is -0.299. The van der Waals surface area contributed by atoms with Crippen LogP contribution < -0.4 is 0 Å². The van der Waals surface area contributed by atoms with Crippen LogP contribution in [0.5, 0.6) is 0 Å². The van der Waals surface area contributed by atoms with Gasteiger partial charge >= 0.3 is 23.7 Å². The molecular formula is C5H3F6O2. The molecule has 0 heterocycles. The summed E-state index contributed by atoms with van der Waals surface area (Å²) in [5.41, 5.74) is 0. The Balaban J connectivity index is 5.16. The predicted octanol–water partition coefficient (Wildman–Crippen LogP) is 1.87. The molecule has 0 aromatic rings. The highest BCUT2D eigenvalue weighted by Gasteiger charge is 2.74. The SMILES string of the molecule is CC(F)(F)C(F)(F)C(F)(F)C([O])=O. The lowest BCUT2D eigenvalue weighted by Gasteiger charge is -2.26. The van der Waals surface area contributed by atoms with Crippen molar-refractivity contribution in [2.24, 2.45) is 0 Å². The molecule has 0 N–H and O–H groups in total. The molecule has 1 radical (unpaired) electrons. The fourth-order valence-corrected chi connectivity index (χ4v) is 0.404. The molecule has 0 atom stereocenters. The zero-order valence-electron chi connectivity index (χ0n) is 6.08. The van der Waals surface area contributed by atoms with Gasteiger partial charge < -0.3 is 0 Å². The van der Waals surface area contributed by atoms with Gasteiger partial charge in [-0.05, 0) is 0 Å². The van der Waals surface area contributed by atoms with Gasteiger partial charge in [-0.1, -0.05) is 0 Å². The van der Waals surface area contributed by atoms with E-state index in [4.69, 9.17) is 0 Å². The smallest absolute Gasteiger partial charge is 0.240 e. The highest BCUT2D eigenvalue weighted by Crippen LogP contribution is 2.45. The summed E-state index contributed by atoms with van der Waals surface area (Å²) in [6.45, 7) is -0.510. The lowest BCUT2D eigenvalue weighted by atomic mass is 10.1. The van der Waals surface area contributed by atoms with Crippen LogP contribution in [0, 0.1) is 0 Å². The predicted molar refractivity (Wildman–Crippen MR) is 26.2 cm³/mol. The highest BCUT2D eigenvalue weighted by molar-refractivity contribution is 5.76. The summed E-state index contributed by atoms with van der Waals surface area (Å²) in [7, 11) is 0. The molecule has 0 aliphatic carbocycles. The first-order valence-corrected chi connectivity index (χ1v) is 2.79. The maximum atomic E-state index is 12.0. The van der Waals surface area contributed by atoms with Gasteiger partial charge in [-0.25, -0.2) is 9.90 Å². The molecule has 2 nitrogen and oxygen atoms in total. The zero-order chi connectivity index (χ0) is 11.1. The molecule has 0 aromatic heterocycles. The van der Waals surface area contributed by atoms with E-state index in [2.05, 4.69) is 0 Å². The lowest BCUT2D eigenvalue weighted by Crippen LogP contribution is -2.56. The third kappa shape index (κ3) is 1.70. The van der Waals surface area contributed by atoms with Gasteiger partial charge in [-0.3, -0.25) is 0 Å². The van der Waals surface area contributed by atoms with Crippen LogP contribution >= 0.6 is 0 Å². The Kier molecular flexibility index (Phi) is 2.57. The Labute approximate surface area is 68.1 Å². The van der Waals surface area contributed by atoms with Gasteiger partial charge in [0.2, 0.25) is 0 Å². The van der Waals surface area contributed by atoms with E-state index in [0.29, 0.717) is 0 Å². The normalized spacial score (nSPS) is 14.4. The van der Waals surface area contributed by atoms with Crippen LogP contribution in [0.1, 0.15) is 6.92 Å². The Hall–Kier alpha value is -0.950. The van der Waals surface area contributed by atoms with E-state index < -0.39 is 30.7 Å². The van der Waals surface area contributed by atoms with Crippen LogP contribution in [-0.4, -0.2) is 23.7 Å². The second-order valence-electron chi connectivity index (χ2n) is 2.32. The maximum Gasteiger partial charge on any atom is 0.431 e. The fraction of sp³-hybridized carbons (Fsp3) is 0.800. The number of alkyl halides is 6. The first-order valence-electron chi connectivity index (χ1n) is 2.79. The van der Waals surface area contributed by atoms with E-state index >= 15 is 0 Å². The number of rotatable bonds is 3. The summed E-state index contributed by atoms with van der Waals surface area (Å²) < 4.78 is 71.6. The number of halogens is 6. The van der Waals surface area contributed by atoms with Crippen molar-refractivity contribution in [3.8, 4) is 0 Å². The van der Waals surface area contributed by atoms with Crippen molar-refractivity contribution < 1.29 is 36.2 Å². The number of carbonyl (C=O) groups is 1. The molecule has 0 spiro atoms. The van der Waals surface area contributed by atoms with Crippen LogP contribution in [0.3, 0.4) is 0 Å². The van der Waals surface area contributed by atoms with Gasteiger partial charge in [0.15, 0.2) is 0 Å². The van der Waals surface area contributed by atoms with Gasteiger partial charge in [0.25, 0.3) is 0 Å². The highest BCUT2D eigenvalue weighted by atomic mass is 19.3. The Morgan fingerprint density at radius 3 is 1.38 bits per heavy atom. The number of hydrogen-bond donors (Lipinski definition) is 0. The van der Waals surface area contributed by atoms with Gasteiger partial charge in [0, 0.05) is 6.92 Å². The van der Waals surface area contributed by atoms with Gasteiger partial charge in [-0.2, -0.15) is 26.3 Å². The molecule has 13 heavy (non-hydrogen) atoms. The van der Waals surface area contributed by atoms with E-state index in [-0.39, 0.29) is 0 Å². The molecule has 0 aliphatic rings. The zero-order valence-corrected chi connectivity index (χ0v) is 6.08. The van der Waals surface area contributed by atoms with Crippen molar-refractivity contribution in [2.75, 3.05) is 0 Å². The third-order valence-electron chi connectivity index (χ3n) is 1.20. The van der Waals surface area contributed by atoms with E-state index in [1.54, 1.807) is 0 Å². The van der Waals surface area contributed by atoms with Crippen LogP contribution in [0.15, 0.2) is 0 Å². The number of carbonyl (C=O) groups excluding carboxylic acids is 1. The van der Waals surface area contributed by atoms with Gasteiger partial charge in [0.05, 0.1) is 0 Å². The minimum absolute atomic E-state index is 0.510. The summed E-state index contributed by atoms with van der Waals surface area (Å²) in [6, 6.07) is 0. The summed E-state index contributed by atoms with van der Waals surface area (Å²) in [5.74, 6) is -20.6. The fourth-order valence-electron chi connectivity index (χ4n) is 0.404. The molecule has 0 aromatic carbocycles. The van der Waals surface area contributed by atoms with Crippen LogP contribution in [0.4, 0.5) is 26.3 Å². The topological polar surface area (TPSA) is 37.0 Å². The first kappa shape index (κ1) is 12.0. The summed E-state index contributed by atoms with van der Waals surface area (Å²) >= 11 is 0. The van der Waals surface area contributed by atoms with Gasteiger partial charge in [0.1, 0.15) is 0 Å². The second-order valence-corrected chi connectivity index (χ2v) is 2.32. The van der Waals surface area contributed by atoms with Crippen LogP contribution in [-0.2, 0) is 9.90 Å². The average molecular weight is 209 g/mol. The summed E-state index contributed by atoms with van der Waals surface area (Å²) in [5, 5.41) is 9.44. The largest absolute Gasteiger partial charge is 0.431 e. The third-order valence-corrected chi connectivity index (χ3v) is 1.20. The molecule has 0 aliphatic heterocycles. The van der Waals surface area contributed by atoms with E-state index in [0.717, 1.165) is 0 Å². The molecule has 0 fully saturated rings.